The first-order valence-electron chi connectivity index (χ1n) is 5.91. The van der Waals surface area contributed by atoms with Crippen molar-refractivity contribution in [2.75, 3.05) is 0 Å². The van der Waals surface area contributed by atoms with Crippen molar-refractivity contribution in [3.8, 4) is 22.4 Å². The first kappa shape index (κ1) is 11.2. The van der Waals surface area contributed by atoms with Crippen molar-refractivity contribution in [3.05, 3.63) is 65.0 Å². The van der Waals surface area contributed by atoms with E-state index in [1.165, 1.54) is 16.7 Å². The van der Waals surface area contributed by atoms with E-state index in [1.54, 1.807) is 11.3 Å². The molecule has 18 heavy (non-hydrogen) atoms. The standard InChI is InChI=1S/C16H13NS/c1-12-17-16(11-18-12)15-9-7-14(8-10-15)13-5-3-2-4-6-13/h2-11H,1H3. The lowest BCUT2D eigenvalue weighted by atomic mass is 10.0. The van der Waals surface area contributed by atoms with Crippen LogP contribution >= 0.6 is 11.3 Å². The van der Waals surface area contributed by atoms with Gasteiger partial charge in [0.15, 0.2) is 0 Å². The maximum Gasteiger partial charge on any atom is 0.0901 e. The van der Waals surface area contributed by atoms with Gasteiger partial charge in [0.2, 0.25) is 0 Å². The number of thiazole rings is 1. The third-order valence-corrected chi connectivity index (χ3v) is 3.68. The summed E-state index contributed by atoms with van der Waals surface area (Å²) in [7, 11) is 0. The Hall–Kier alpha value is -1.93. The fraction of sp³-hybridized carbons (Fsp3) is 0.0625. The molecule has 0 saturated carbocycles. The Kier molecular flexibility index (Phi) is 2.95. The molecule has 2 heteroatoms. The monoisotopic (exact) mass is 251 g/mol. The maximum atomic E-state index is 4.50. The molecule has 3 rings (SSSR count). The zero-order chi connectivity index (χ0) is 12.4. The molecular formula is C16H13NS. The summed E-state index contributed by atoms with van der Waals surface area (Å²) in [5, 5.41) is 3.21. The Bertz CT molecular complexity index is 638. The molecule has 0 spiro atoms. The lowest BCUT2D eigenvalue weighted by molar-refractivity contribution is 1.30. The van der Waals surface area contributed by atoms with Crippen LogP contribution in [0.15, 0.2) is 60.0 Å². The smallest absolute Gasteiger partial charge is 0.0901 e. The molecule has 0 amide bonds. The minimum absolute atomic E-state index is 1.07. The first-order chi connectivity index (χ1) is 8.83. The van der Waals surface area contributed by atoms with Crippen LogP contribution in [0.5, 0.6) is 0 Å². The molecule has 0 aliphatic rings. The van der Waals surface area contributed by atoms with Gasteiger partial charge in [-0.3, -0.25) is 0 Å². The fourth-order valence-corrected chi connectivity index (χ4v) is 2.58. The van der Waals surface area contributed by atoms with Crippen LogP contribution in [0.1, 0.15) is 5.01 Å². The minimum atomic E-state index is 1.07. The molecule has 0 aliphatic heterocycles. The van der Waals surface area contributed by atoms with Crippen LogP contribution in [0.4, 0.5) is 0 Å². The Morgan fingerprint density at radius 1 is 0.778 bits per heavy atom. The molecule has 1 nitrogen and oxygen atoms in total. The van der Waals surface area contributed by atoms with Crippen molar-refractivity contribution in [1.82, 2.24) is 4.98 Å². The molecule has 2 aromatic carbocycles. The van der Waals surface area contributed by atoms with Gasteiger partial charge in [-0.1, -0.05) is 54.6 Å². The van der Waals surface area contributed by atoms with Gasteiger partial charge in [0.1, 0.15) is 0 Å². The van der Waals surface area contributed by atoms with Crippen molar-refractivity contribution < 1.29 is 0 Å². The van der Waals surface area contributed by atoms with E-state index in [2.05, 4.69) is 58.9 Å². The zero-order valence-corrected chi connectivity index (χ0v) is 10.9. The largest absolute Gasteiger partial charge is 0.242 e. The van der Waals surface area contributed by atoms with Gasteiger partial charge >= 0.3 is 0 Å². The number of hydrogen-bond acceptors (Lipinski definition) is 2. The minimum Gasteiger partial charge on any atom is -0.242 e. The third kappa shape index (κ3) is 2.20. The van der Waals surface area contributed by atoms with Crippen LogP contribution < -0.4 is 0 Å². The molecular weight excluding hydrogens is 238 g/mol. The average Bonchev–Trinajstić information content (AvgIpc) is 2.87. The number of aromatic nitrogens is 1. The summed E-state index contributed by atoms with van der Waals surface area (Å²) in [6.45, 7) is 2.03. The summed E-state index contributed by atoms with van der Waals surface area (Å²) in [5.41, 5.74) is 4.74. The SMILES string of the molecule is Cc1nc(-c2ccc(-c3ccccc3)cc2)cs1. The summed E-state index contributed by atoms with van der Waals surface area (Å²) in [5.74, 6) is 0. The van der Waals surface area contributed by atoms with Gasteiger partial charge in [0.05, 0.1) is 10.7 Å². The molecule has 1 aromatic heterocycles. The molecule has 0 fully saturated rings. The van der Waals surface area contributed by atoms with Crippen LogP contribution in [0.2, 0.25) is 0 Å². The lowest BCUT2D eigenvalue weighted by Crippen LogP contribution is -1.80. The molecule has 0 N–H and O–H groups in total. The van der Waals surface area contributed by atoms with Gasteiger partial charge in [-0.15, -0.1) is 11.3 Å². The topological polar surface area (TPSA) is 12.9 Å². The second-order valence-corrected chi connectivity index (χ2v) is 5.26. The van der Waals surface area contributed by atoms with E-state index < -0.39 is 0 Å². The van der Waals surface area contributed by atoms with Crippen LogP contribution in [0.3, 0.4) is 0 Å². The van der Waals surface area contributed by atoms with Gasteiger partial charge in [-0.2, -0.15) is 0 Å². The lowest BCUT2D eigenvalue weighted by Gasteiger charge is -2.02. The number of hydrogen-bond donors (Lipinski definition) is 0. The zero-order valence-electron chi connectivity index (χ0n) is 10.1. The average molecular weight is 251 g/mol. The van der Waals surface area contributed by atoms with Crippen molar-refractivity contribution >= 4 is 11.3 Å². The molecule has 0 aliphatic carbocycles. The third-order valence-electron chi connectivity index (χ3n) is 2.91. The van der Waals surface area contributed by atoms with E-state index in [0.29, 0.717) is 0 Å². The summed E-state index contributed by atoms with van der Waals surface area (Å²) < 4.78 is 0. The molecule has 1 heterocycles. The quantitative estimate of drug-likeness (QED) is 0.638. The van der Waals surface area contributed by atoms with Crippen LogP contribution in [-0.4, -0.2) is 4.98 Å². The Labute approximate surface area is 111 Å². The second kappa shape index (κ2) is 4.75. The van der Waals surface area contributed by atoms with Crippen molar-refractivity contribution in [1.29, 1.82) is 0 Å². The number of nitrogens with zero attached hydrogens (tertiary/aromatic N) is 1. The highest BCUT2D eigenvalue weighted by Crippen LogP contribution is 2.25. The van der Waals surface area contributed by atoms with Crippen LogP contribution in [0.25, 0.3) is 22.4 Å². The van der Waals surface area contributed by atoms with Crippen LogP contribution in [-0.2, 0) is 0 Å². The number of benzene rings is 2. The van der Waals surface area contributed by atoms with Crippen molar-refractivity contribution in [3.63, 3.8) is 0 Å². The summed E-state index contributed by atoms with van der Waals surface area (Å²) in [6, 6.07) is 19.0. The Balaban J connectivity index is 1.94. The van der Waals surface area contributed by atoms with E-state index in [-0.39, 0.29) is 0 Å². The summed E-state index contributed by atoms with van der Waals surface area (Å²) in [6.07, 6.45) is 0. The normalized spacial score (nSPS) is 10.5. The van der Waals surface area contributed by atoms with Gasteiger partial charge in [-0.05, 0) is 18.1 Å². The van der Waals surface area contributed by atoms with E-state index in [4.69, 9.17) is 0 Å². The highest BCUT2D eigenvalue weighted by atomic mass is 32.1. The van der Waals surface area contributed by atoms with Crippen LogP contribution in [0, 0.1) is 6.92 Å². The molecule has 3 aromatic rings. The Morgan fingerprint density at radius 3 is 2.00 bits per heavy atom. The number of aryl methyl sites for hydroxylation is 1. The van der Waals surface area contributed by atoms with Crippen molar-refractivity contribution in [2.45, 2.75) is 6.92 Å². The number of rotatable bonds is 2. The molecule has 88 valence electrons. The summed E-state index contributed by atoms with van der Waals surface area (Å²) in [4.78, 5) is 4.50. The van der Waals surface area contributed by atoms with Crippen molar-refractivity contribution in [2.24, 2.45) is 0 Å². The summed E-state index contributed by atoms with van der Waals surface area (Å²) >= 11 is 1.69. The van der Waals surface area contributed by atoms with E-state index in [9.17, 15) is 0 Å². The molecule has 0 atom stereocenters. The van der Waals surface area contributed by atoms with Gasteiger partial charge in [-0.25, -0.2) is 4.98 Å². The van der Waals surface area contributed by atoms with E-state index in [0.717, 1.165) is 10.7 Å². The van der Waals surface area contributed by atoms with E-state index >= 15 is 0 Å². The second-order valence-electron chi connectivity index (χ2n) is 4.20. The van der Waals surface area contributed by atoms with Gasteiger partial charge in [0, 0.05) is 10.9 Å². The first-order valence-corrected chi connectivity index (χ1v) is 6.79. The highest BCUT2D eigenvalue weighted by Gasteiger charge is 2.02. The highest BCUT2D eigenvalue weighted by molar-refractivity contribution is 7.09. The Morgan fingerprint density at radius 2 is 1.39 bits per heavy atom. The maximum absolute atomic E-state index is 4.50. The van der Waals surface area contributed by atoms with Gasteiger partial charge < -0.3 is 0 Å². The van der Waals surface area contributed by atoms with E-state index in [1.807, 2.05) is 13.0 Å². The predicted octanol–water partition coefficient (Wildman–Crippen LogP) is 4.79. The molecule has 0 saturated heterocycles. The molecule has 0 bridgehead atoms. The predicted molar refractivity (Wildman–Crippen MR) is 77.7 cm³/mol. The molecule has 0 unspecified atom stereocenters. The fourth-order valence-electron chi connectivity index (χ4n) is 1.96. The molecule has 0 radical (unpaired) electrons. The van der Waals surface area contributed by atoms with Gasteiger partial charge in [0.25, 0.3) is 0 Å².